The van der Waals surface area contributed by atoms with Gasteiger partial charge in [-0.1, -0.05) is 175 Å². The molecule has 0 amide bonds. The van der Waals surface area contributed by atoms with E-state index in [1.807, 2.05) is 24.4 Å². The quantitative estimate of drug-likeness (QED) is 0.179. The SMILES string of the molecule is Cc1ccc(-c2nc3ccccc3n2-c2ccccc2)cc1.Cc1ccc2ccccc2c1.Cc1cccc2ccccc12.Cc1cccc2cccnc12. The van der Waals surface area contributed by atoms with Gasteiger partial charge < -0.3 is 0 Å². The molecule has 0 aliphatic rings. The summed E-state index contributed by atoms with van der Waals surface area (Å²) in [6, 6.07) is 67.2. The molecule has 10 aromatic rings. The Morgan fingerprint density at radius 1 is 0.418 bits per heavy atom. The van der Waals surface area contributed by atoms with Gasteiger partial charge in [0, 0.05) is 22.8 Å². The van der Waals surface area contributed by atoms with Gasteiger partial charge in [0.2, 0.25) is 0 Å². The van der Waals surface area contributed by atoms with Gasteiger partial charge in [-0.25, -0.2) is 4.98 Å². The minimum absolute atomic E-state index is 0.979. The van der Waals surface area contributed by atoms with Crippen molar-refractivity contribution in [2.75, 3.05) is 0 Å². The van der Waals surface area contributed by atoms with E-state index in [0.29, 0.717) is 0 Å². The first-order valence-electron chi connectivity index (χ1n) is 18.7. The van der Waals surface area contributed by atoms with Gasteiger partial charge in [0.15, 0.2) is 0 Å². The summed E-state index contributed by atoms with van der Waals surface area (Å²) in [4.78, 5) is 9.13. The van der Waals surface area contributed by atoms with Crippen LogP contribution in [-0.2, 0) is 0 Å². The molecule has 0 aliphatic heterocycles. The van der Waals surface area contributed by atoms with Gasteiger partial charge in [0.05, 0.1) is 16.6 Å². The lowest BCUT2D eigenvalue weighted by Gasteiger charge is -2.09. The number of aryl methyl sites for hydroxylation is 4. The number of hydrogen-bond acceptors (Lipinski definition) is 2. The number of pyridine rings is 1. The predicted octanol–water partition coefficient (Wildman–Crippen LogP) is 13.8. The van der Waals surface area contributed by atoms with Crippen molar-refractivity contribution in [3.8, 4) is 17.1 Å². The molecule has 0 N–H and O–H groups in total. The molecule has 55 heavy (non-hydrogen) atoms. The van der Waals surface area contributed by atoms with E-state index in [4.69, 9.17) is 4.98 Å². The average molecular weight is 712 g/mol. The van der Waals surface area contributed by atoms with Crippen LogP contribution in [0.15, 0.2) is 200 Å². The van der Waals surface area contributed by atoms with Crippen LogP contribution in [-0.4, -0.2) is 14.5 Å². The van der Waals surface area contributed by atoms with Crippen LogP contribution in [0, 0.1) is 27.7 Å². The maximum absolute atomic E-state index is 4.85. The number of para-hydroxylation sites is 4. The van der Waals surface area contributed by atoms with E-state index in [2.05, 4.69) is 213 Å². The summed E-state index contributed by atoms with van der Waals surface area (Å²) in [5.74, 6) is 0.979. The second-order valence-electron chi connectivity index (χ2n) is 13.8. The van der Waals surface area contributed by atoms with Gasteiger partial charge >= 0.3 is 0 Å². The zero-order valence-corrected chi connectivity index (χ0v) is 31.9. The van der Waals surface area contributed by atoms with Crippen molar-refractivity contribution in [2.24, 2.45) is 0 Å². The Balaban J connectivity index is 0.000000120. The molecular formula is C52H45N3. The van der Waals surface area contributed by atoms with Crippen LogP contribution in [0.5, 0.6) is 0 Å². The van der Waals surface area contributed by atoms with Crippen LogP contribution < -0.4 is 0 Å². The highest BCUT2D eigenvalue weighted by Crippen LogP contribution is 2.28. The molecule has 10 rings (SSSR count). The van der Waals surface area contributed by atoms with E-state index in [1.165, 1.54) is 49.2 Å². The number of fused-ring (bicyclic) bond motifs is 4. The summed E-state index contributed by atoms with van der Waals surface area (Å²) >= 11 is 0. The number of benzene rings is 8. The molecule has 0 atom stereocenters. The van der Waals surface area contributed by atoms with Gasteiger partial charge in [0.25, 0.3) is 0 Å². The Bertz CT molecular complexity index is 2700. The molecule has 2 heterocycles. The third-order valence-electron chi connectivity index (χ3n) is 9.63. The van der Waals surface area contributed by atoms with Crippen molar-refractivity contribution in [3.63, 3.8) is 0 Å². The Hall–Kier alpha value is -6.84. The first-order valence-corrected chi connectivity index (χ1v) is 18.7. The lowest BCUT2D eigenvalue weighted by atomic mass is 10.1. The Morgan fingerprint density at radius 3 is 1.78 bits per heavy atom. The van der Waals surface area contributed by atoms with Crippen LogP contribution in [0.25, 0.3) is 60.6 Å². The number of nitrogens with zero attached hydrogens (tertiary/aromatic N) is 3. The highest BCUT2D eigenvalue weighted by Gasteiger charge is 2.13. The maximum Gasteiger partial charge on any atom is 0.145 e. The smallest absolute Gasteiger partial charge is 0.145 e. The van der Waals surface area contributed by atoms with Gasteiger partial charge in [-0.2, -0.15) is 0 Å². The zero-order chi connectivity index (χ0) is 38.0. The number of hydrogen-bond donors (Lipinski definition) is 0. The van der Waals surface area contributed by atoms with Crippen molar-refractivity contribution in [2.45, 2.75) is 27.7 Å². The molecule has 268 valence electrons. The first-order chi connectivity index (χ1) is 26.9. The van der Waals surface area contributed by atoms with Crippen LogP contribution >= 0.6 is 0 Å². The largest absolute Gasteiger partial charge is 0.292 e. The van der Waals surface area contributed by atoms with Crippen molar-refractivity contribution in [1.82, 2.24) is 14.5 Å². The van der Waals surface area contributed by atoms with E-state index in [0.717, 1.165) is 33.6 Å². The second-order valence-corrected chi connectivity index (χ2v) is 13.8. The minimum atomic E-state index is 0.979. The average Bonchev–Trinajstić information content (AvgIpc) is 3.62. The molecule has 0 fully saturated rings. The van der Waals surface area contributed by atoms with Crippen molar-refractivity contribution < 1.29 is 0 Å². The lowest BCUT2D eigenvalue weighted by molar-refractivity contribution is 1.10. The molecule has 0 bridgehead atoms. The van der Waals surface area contributed by atoms with Crippen LogP contribution in [0.2, 0.25) is 0 Å². The van der Waals surface area contributed by atoms with Gasteiger partial charge in [-0.3, -0.25) is 9.55 Å². The molecule has 3 nitrogen and oxygen atoms in total. The van der Waals surface area contributed by atoms with E-state index < -0.39 is 0 Å². The Labute approximate surface area is 324 Å². The second kappa shape index (κ2) is 17.3. The Kier molecular flexibility index (Phi) is 11.5. The fraction of sp³-hybridized carbons (Fsp3) is 0.0769. The predicted molar refractivity (Wildman–Crippen MR) is 235 cm³/mol. The van der Waals surface area contributed by atoms with Gasteiger partial charge in [-0.15, -0.1) is 0 Å². The van der Waals surface area contributed by atoms with Crippen LogP contribution in [0.4, 0.5) is 0 Å². The summed E-state index contributed by atoms with van der Waals surface area (Å²) in [6.07, 6.45) is 1.83. The van der Waals surface area contributed by atoms with Crippen molar-refractivity contribution >= 4 is 43.5 Å². The van der Waals surface area contributed by atoms with Gasteiger partial charge in [0.1, 0.15) is 5.82 Å². The molecule has 3 heteroatoms. The standard InChI is InChI=1S/C20H16N2.2C11H10.C10H9N/c1-15-11-13-16(14-12-15)20-21-18-9-5-6-10-19(18)22(20)17-7-3-2-4-8-17;1-9-5-4-7-10-6-2-3-8-11(9)10;1-9-6-7-10-4-2-3-5-11(10)8-9;1-8-4-2-5-9-6-3-7-11-10(8)9/h2-14H,1H3;2*2-8H,1H3;2-7H,1H3. The zero-order valence-electron chi connectivity index (χ0n) is 31.9. The van der Waals surface area contributed by atoms with Crippen molar-refractivity contribution in [3.05, 3.63) is 223 Å². The highest BCUT2D eigenvalue weighted by atomic mass is 15.1. The number of imidazole rings is 1. The molecule has 0 spiro atoms. The summed E-state index contributed by atoms with van der Waals surface area (Å²) < 4.78 is 2.22. The topological polar surface area (TPSA) is 30.7 Å². The molecule has 2 aromatic heterocycles. The molecule has 8 aromatic carbocycles. The molecule has 0 saturated carbocycles. The third kappa shape index (κ3) is 8.87. The van der Waals surface area contributed by atoms with E-state index in [9.17, 15) is 0 Å². The monoisotopic (exact) mass is 711 g/mol. The lowest BCUT2D eigenvalue weighted by Crippen LogP contribution is -1.97. The molecule has 0 aliphatic carbocycles. The normalized spacial score (nSPS) is 10.5. The minimum Gasteiger partial charge on any atom is -0.292 e. The van der Waals surface area contributed by atoms with E-state index in [1.54, 1.807) is 0 Å². The van der Waals surface area contributed by atoms with Gasteiger partial charge in [-0.05, 0) is 90.7 Å². The summed E-state index contributed by atoms with van der Waals surface area (Å²) in [5.41, 5.74) is 10.7. The summed E-state index contributed by atoms with van der Waals surface area (Å²) in [5, 5.41) is 6.54. The molecule has 0 radical (unpaired) electrons. The van der Waals surface area contributed by atoms with E-state index in [-0.39, 0.29) is 0 Å². The highest BCUT2D eigenvalue weighted by molar-refractivity contribution is 5.86. The molecule has 0 saturated heterocycles. The van der Waals surface area contributed by atoms with E-state index >= 15 is 0 Å². The molecule has 0 unspecified atom stereocenters. The number of rotatable bonds is 2. The van der Waals surface area contributed by atoms with Crippen molar-refractivity contribution in [1.29, 1.82) is 0 Å². The first kappa shape index (κ1) is 36.5. The maximum atomic E-state index is 4.85. The fourth-order valence-corrected chi connectivity index (χ4v) is 6.71. The Morgan fingerprint density at radius 2 is 1.02 bits per heavy atom. The molecular weight excluding hydrogens is 667 g/mol. The fourth-order valence-electron chi connectivity index (χ4n) is 6.71. The van der Waals surface area contributed by atoms with Crippen LogP contribution in [0.3, 0.4) is 0 Å². The third-order valence-corrected chi connectivity index (χ3v) is 9.63. The summed E-state index contributed by atoms with van der Waals surface area (Å²) in [7, 11) is 0. The number of aromatic nitrogens is 3. The summed E-state index contributed by atoms with van der Waals surface area (Å²) in [6.45, 7) is 8.44. The van der Waals surface area contributed by atoms with Crippen LogP contribution in [0.1, 0.15) is 22.3 Å².